The first-order valence-electron chi connectivity index (χ1n) is 7.81. The van der Waals surface area contributed by atoms with Crippen molar-refractivity contribution in [1.82, 2.24) is 5.32 Å². The zero-order valence-electron chi connectivity index (χ0n) is 13.7. The standard InChI is InChI=1S/C18H22N2O3/c1-4-13-5-7-15(8-6-13)20-17(22)10-14-9-16(12(3)21)11(2)19-18(14)23/h5-8,14H,4,9-10H2,1-3H3,(H,19,23)(H,20,22). The van der Waals surface area contributed by atoms with Crippen LogP contribution in [0.4, 0.5) is 5.69 Å². The molecule has 1 aromatic carbocycles. The van der Waals surface area contributed by atoms with Gasteiger partial charge in [-0.05, 0) is 44.4 Å². The Morgan fingerprint density at radius 3 is 2.48 bits per heavy atom. The molecule has 1 aliphatic rings. The van der Waals surface area contributed by atoms with Gasteiger partial charge in [-0.1, -0.05) is 19.1 Å². The first-order chi connectivity index (χ1) is 10.9. The van der Waals surface area contributed by atoms with E-state index in [2.05, 4.69) is 17.6 Å². The maximum absolute atomic E-state index is 12.1. The number of aryl methyl sites for hydroxylation is 1. The molecule has 0 fully saturated rings. The molecule has 122 valence electrons. The molecular weight excluding hydrogens is 292 g/mol. The fraction of sp³-hybridized carbons (Fsp3) is 0.389. The summed E-state index contributed by atoms with van der Waals surface area (Å²) in [5, 5.41) is 5.48. The molecule has 1 unspecified atom stereocenters. The highest BCUT2D eigenvalue weighted by Gasteiger charge is 2.29. The number of Topliss-reactive ketones (excluding diaryl/α,β-unsaturated/α-hetero) is 1. The van der Waals surface area contributed by atoms with E-state index in [4.69, 9.17) is 0 Å². The Bertz CT molecular complexity index is 659. The molecule has 0 spiro atoms. The minimum absolute atomic E-state index is 0.0609. The average molecular weight is 314 g/mol. The first-order valence-corrected chi connectivity index (χ1v) is 7.81. The zero-order valence-corrected chi connectivity index (χ0v) is 13.7. The second-order valence-corrected chi connectivity index (χ2v) is 5.85. The number of allylic oxidation sites excluding steroid dienone is 2. The van der Waals surface area contributed by atoms with Crippen molar-refractivity contribution in [2.75, 3.05) is 5.32 Å². The van der Waals surface area contributed by atoms with Gasteiger partial charge in [-0.2, -0.15) is 0 Å². The van der Waals surface area contributed by atoms with Crippen molar-refractivity contribution < 1.29 is 14.4 Å². The number of anilines is 1. The average Bonchev–Trinajstić information content (AvgIpc) is 2.50. The van der Waals surface area contributed by atoms with Crippen LogP contribution in [0, 0.1) is 5.92 Å². The van der Waals surface area contributed by atoms with Gasteiger partial charge in [-0.25, -0.2) is 0 Å². The Morgan fingerprint density at radius 1 is 1.26 bits per heavy atom. The summed E-state index contributed by atoms with van der Waals surface area (Å²) in [6.45, 7) is 5.25. The monoisotopic (exact) mass is 314 g/mol. The second kappa shape index (κ2) is 7.22. The molecule has 1 atom stereocenters. The van der Waals surface area contributed by atoms with Crippen molar-refractivity contribution >= 4 is 23.3 Å². The van der Waals surface area contributed by atoms with Crippen molar-refractivity contribution in [2.24, 2.45) is 5.92 Å². The van der Waals surface area contributed by atoms with Gasteiger partial charge < -0.3 is 10.6 Å². The molecule has 1 heterocycles. The fourth-order valence-corrected chi connectivity index (χ4v) is 2.69. The highest BCUT2D eigenvalue weighted by Crippen LogP contribution is 2.24. The maximum atomic E-state index is 12.1. The minimum atomic E-state index is -0.507. The molecule has 0 aromatic heterocycles. The van der Waals surface area contributed by atoms with E-state index < -0.39 is 5.92 Å². The predicted octanol–water partition coefficient (Wildman–Crippen LogP) is 2.58. The number of rotatable bonds is 5. The topological polar surface area (TPSA) is 75.3 Å². The van der Waals surface area contributed by atoms with Crippen LogP contribution in [0.1, 0.15) is 39.2 Å². The van der Waals surface area contributed by atoms with E-state index in [-0.39, 0.29) is 24.0 Å². The van der Waals surface area contributed by atoms with Gasteiger partial charge in [-0.15, -0.1) is 0 Å². The van der Waals surface area contributed by atoms with Crippen molar-refractivity contribution in [3.63, 3.8) is 0 Å². The summed E-state index contributed by atoms with van der Waals surface area (Å²) in [7, 11) is 0. The minimum Gasteiger partial charge on any atom is -0.329 e. The van der Waals surface area contributed by atoms with Gasteiger partial charge in [0.25, 0.3) is 0 Å². The lowest BCUT2D eigenvalue weighted by Gasteiger charge is -2.24. The summed E-state index contributed by atoms with van der Waals surface area (Å²) in [5.74, 6) is -1.00. The van der Waals surface area contributed by atoms with Gasteiger partial charge in [0.15, 0.2) is 5.78 Å². The molecule has 0 saturated heterocycles. The number of carbonyl (C=O) groups excluding carboxylic acids is 3. The number of carbonyl (C=O) groups is 3. The van der Waals surface area contributed by atoms with Gasteiger partial charge in [0.05, 0.1) is 5.92 Å². The van der Waals surface area contributed by atoms with Crippen molar-refractivity contribution in [1.29, 1.82) is 0 Å². The van der Waals surface area contributed by atoms with Crippen LogP contribution in [0.25, 0.3) is 0 Å². The first kappa shape index (κ1) is 16.9. The molecule has 1 aliphatic heterocycles. The van der Waals surface area contributed by atoms with Crippen LogP contribution >= 0.6 is 0 Å². The third-order valence-corrected chi connectivity index (χ3v) is 4.09. The van der Waals surface area contributed by atoms with E-state index in [1.54, 1.807) is 6.92 Å². The van der Waals surface area contributed by atoms with Crippen LogP contribution < -0.4 is 10.6 Å². The Morgan fingerprint density at radius 2 is 1.91 bits per heavy atom. The molecule has 1 aromatic rings. The molecule has 0 radical (unpaired) electrons. The van der Waals surface area contributed by atoms with Gasteiger partial charge in [0, 0.05) is 23.4 Å². The second-order valence-electron chi connectivity index (χ2n) is 5.85. The number of nitrogens with one attached hydrogen (secondary N) is 2. The number of hydrogen-bond donors (Lipinski definition) is 2. The number of benzene rings is 1. The Labute approximate surface area is 136 Å². The Hall–Kier alpha value is -2.43. The van der Waals surface area contributed by atoms with Gasteiger partial charge in [-0.3, -0.25) is 14.4 Å². The van der Waals surface area contributed by atoms with Crippen LogP contribution in [-0.4, -0.2) is 17.6 Å². The van der Waals surface area contributed by atoms with Crippen molar-refractivity contribution in [2.45, 2.75) is 40.0 Å². The largest absolute Gasteiger partial charge is 0.329 e. The molecule has 2 rings (SSSR count). The van der Waals surface area contributed by atoms with E-state index in [1.165, 1.54) is 12.5 Å². The van der Waals surface area contributed by atoms with Crippen LogP contribution in [0.2, 0.25) is 0 Å². The molecule has 23 heavy (non-hydrogen) atoms. The van der Waals surface area contributed by atoms with Gasteiger partial charge >= 0.3 is 0 Å². The lowest BCUT2D eigenvalue weighted by Crippen LogP contribution is -2.38. The highest BCUT2D eigenvalue weighted by molar-refractivity contribution is 5.99. The predicted molar refractivity (Wildman–Crippen MR) is 88.7 cm³/mol. The van der Waals surface area contributed by atoms with Gasteiger partial charge in [0.2, 0.25) is 11.8 Å². The lowest BCUT2D eigenvalue weighted by atomic mass is 9.89. The SMILES string of the molecule is CCc1ccc(NC(=O)CC2CC(C(C)=O)=C(C)NC2=O)cc1. The molecule has 2 N–H and O–H groups in total. The van der Waals surface area contributed by atoms with E-state index in [0.717, 1.165) is 6.42 Å². The molecule has 5 heteroatoms. The third-order valence-electron chi connectivity index (χ3n) is 4.09. The number of amides is 2. The van der Waals surface area contributed by atoms with Crippen LogP contribution in [0.3, 0.4) is 0 Å². The van der Waals surface area contributed by atoms with Crippen LogP contribution in [0.5, 0.6) is 0 Å². The maximum Gasteiger partial charge on any atom is 0.228 e. The Balaban J connectivity index is 1.99. The van der Waals surface area contributed by atoms with E-state index in [1.807, 2.05) is 24.3 Å². The molecular formula is C18H22N2O3. The highest BCUT2D eigenvalue weighted by atomic mass is 16.2. The van der Waals surface area contributed by atoms with E-state index in [0.29, 0.717) is 23.4 Å². The summed E-state index contributed by atoms with van der Waals surface area (Å²) in [5.41, 5.74) is 3.09. The zero-order chi connectivity index (χ0) is 17.0. The molecule has 0 aliphatic carbocycles. The third kappa shape index (κ3) is 4.28. The van der Waals surface area contributed by atoms with Crippen molar-refractivity contribution in [3.8, 4) is 0 Å². The summed E-state index contributed by atoms with van der Waals surface area (Å²) in [4.78, 5) is 35.7. The number of ketones is 1. The molecule has 0 bridgehead atoms. The van der Waals surface area contributed by atoms with E-state index >= 15 is 0 Å². The molecule has 5 nitrogen and oxygen atoms in total. The summed E-state index contributed by atoms with van der Waals surface area (Å²) >= 11 is 0. The van der Waals surface area contributed by atoms with Crippen LogP contribution in [0.15, 0.2) is 35.5 Å². The summed E-state index contributed by atoms with van der Waals surface area (Å²) in [6, 6.07) is 7.62. The Kier molecular flexibility index (Phi) is 5.32. The number of hydrogen-bond acceptors (Lipinski definition) is 3. The summed E-state index contributed by atoms with van der Waals surface area (Å²) in [6.07, 6.45) is 1.32. The fourth-order valence-electron chi connectivity index (χ4n) is 2.69. The normalized spacial score (nSPS) is 17.7. The van der Waals surface area contributed by atoms with E-state index in [9.17, 15) is 14.4 Å². The molecule has 0 saturated carbocycles. The quantitative estimate of drug-likeness (QED) is 0.877. The van der Waals surface area contributed by atoms with Crippen LogP contribution in [-0.2, 0) is 20.8 Å². The lowest BCUT2D eigenvalue weighted by molar-refractivity contribution is -0.128. The summed E-state index contributed by atoms with van der Waals surface area (Å²) < 4.78 is 0. The molecule has 2 amide bonds. The van der Waals surface area contributed by atoms with Gasteiger partial charge in [0.1, 0.15) is 0 Å². The van der Waals surface area contributed by atoms with Crippen molar-refractivity contribution in [3.05, 3.63) is 41.1 Å². The smallest absolute Gasteiger partial charge is 0.228 e.